The normalized spacial score (nSPS) is 24.6. The molecule has 3 aliphatic rings. The van der Waals surface area contributed by atoms with E-state index in [4.69, 9.17) is 4.74 Å². The van der Waals surface area contributed by atoms with Crippen molar-refractivity contribution in [2.24, 2.45) is 11.3 Å². The van der Waals surface area contributed by atoms with Gasteiger partial charge in [0.1, 0.15) is 5.75 Å². The molecule has 3 nitrogen and oxygen atoms in total. The second-order valence-electron chi connectivity index (χ2n) is 8.83. The van der Waals surface area contributed by atoms with Crippen molar-refractivity contribution in [3.63, 3.8) is 0 Å². The number of fused-ring (bicyclic) bond motifs is 4. The lowest BCUT2D eigenvalue weighted by Crippen LogP contribution is -2.53. The lowest BCUT2D eigenvalue weighted by molar-refractivity contribution is 0.190. The molecular weight excluding hydrogens is 332 g/mol. The minimum absolute atomic E-state index is 0.326. The summed E-state index contributed by atoms with van der Waals surface area (Å²) in [6.45, 7) is 12.2. The zero-order chi connectivity index (χ0) is 18.9. The third-order valence-corrected chi connectivity index (χ3v) is 6.22. The molecule has 2 atom stereocenters. The van der Waals surface area contributed by atoms with Crippen LogP contribution in [-0.4, -0.2) is 37.2 Å². The zero-order valence-corrected chi connectivity index (χ0v) is 16.9. The van der Waals surface area contributed by atoms with Gasteiger partial charge in [-0.25, -0.2) is 0 Å². The monoisotopic (exact) mass is 364 g/mol. The van der Waals surface area contributed by atoms with Gasteiger partial charge in [-0.15, -0.1) is 0 Å². The van der Waals surface area contributed by atoms with E-state index in [1.807, 2.05) is 6.92 Å². The lowest BCUT2D eigenvalue weighted by atomic mass is 9.73. The van der Waals surface area contributed by atoms with E-state index in [1.54, 1.807) is 0 Å². The Kier molecular flexibility index (Phi) is 5.14. The van der Waals surface area contributed by atoms with E-state index in [-0.39, 0.29) is 0 Å². The Morgan fingerprint density at radius 3 is 2.41 bits per heavy atom. The maximum Gasteiger partial charge on any atom is 0.119 e. The van der Waals surface area contributed by atoms with Crippen LogP contribution in [0.25, 0.3) is 0 Å². The van der Waals surface area contributed by atoms with Gasteiger partial charge in [-0.3, -0.25) is 4.90 Å². The van der Waals surface area contributed by atoms with Crippen LogP contribution in [0.15, 0.2) is 54.6 Å². The van der Waals surface area contributed by atoms with Gasteiger partial charge >= 0.3 is 0 Å². The molecule has 0 aromatic heterocycles. The maximum atomic E-state index is 5.63. The van der Waals surface area contributed by atoms with Crippen LogP contribution < -0.4 is 9.64 Å². The van der Waals surface area contributed by atoms with Crippen LogP contribution in [0.1, 0.15) is 32.8 Å². The lowest BCUT2D eigenvalue weighted by Gasteiger charge is -2.48. The van der Waals surface area contributed by atoms with E-state index in [9.17, 15) is 0 Å². The number of rotatable bonds is 5. The standard InChI is InChI=1S/C24H32N2O/c1-4-27-22-12-10-21(11-13-22)26-17-20-14-24(2,3)23(26)18-25(16-20)15-19-8-6-5-7-9-19/h5-13,20,23H,4,14-18H2,1-3H3/t20-,23?/m1/s1. The Morgan fingerprint density at radius 2 is 1.70 bits per heavy atom. The fraction of sp³-hybridized carbons (Fsp3) is 0.500. The van der Waals surface area contributed by atoms with Crippen molar-refractivity contribution in [2.45, 2.75) is 39.8 Å². The molecular formula is C24H32N2O. The second kappa shape index (κ2) is 7.55. The first-order chi connectivity index (χ1) is 13.0. The molecule has 1 unspecified atom stereocenters. The summed E-state index contributed by atoms with van der Waals surface area (Å²) in [6.07, 6.45) is 1.32. The van der Waals surface area contributed by atoms with E-state index in [0.29, 0.717) is 17.4 Å². The van der Waals surface area contributed by atoms with Crippen LogP contribution in [0.3, 0.4) is 0 Å². The Balaban J connectivity index is 1.56. The first-order valence-electron chi connectivity index (χ1n) is 10.3. The summed E-state index contributed by atoms with van der Waals surface area (Å²) in [4.78, 5) is 5.34. The number of benzene rings is 2. The molecule has 3 saturated heterocycles. The van der Waals surface area contributed by atoms with Crippen LogP contribution in [0.4, 0.5) is 5.69 Å². The van der Waals surface area contributed by atoms with Crippen molar-refractivity contribution in [3.8, 4) is 5.75 Å². The minimum atomic E-state index is 0.326. The topological polar surface area (TPSA) is 15.7 Å². The van der Waals surface area contributed by atoms with E-state index >= 15 is 0 Å². The third kappa shape index (κ3) is 3.98. The van der Waals surface area contributed by atoms with Gasteiger partial charge in [0, 0.05) is 37.9 Å². The van der Waals surface area contributed by atoms with Gasteiger partial charge in [-0.2, -0.15) is 0 Å². The summed E-state index contributed by atoms with van der Waals surface area (Å²) in [7, 11) is 0. The predicted octanol–water partition coefficient (Wildman–Crippen LogP) is 4.82. The van der Waals surface area contributed by atoms with Gasteiger partial charge in [0.2, 0.25) is 0 Å². The molecule has 2 bridgehead atoms. The summed E-state index contributed by atoms with van der Waals surface area (Å²) in [5.74, 6) is 1.68. The summed E-state index contributed by atoms with van der Waals surface area (Å²) in [5, 5.41) is 0. The van der Waals surface area contributed by atoms with Crippen molar-refractivity contribution in [3.05, 3.63) is 60.2 Å². The molecule has 0 N–H and O–H groups in total. The van der Waals surface area contributed by atoms with E-state index in [0.717, 1.165) is 32.0 Å². The predicted molar refractivity (Wildman–Crippen MR) is 112 cm³/mol. The highest BCUT2D eigenvalue weighted by Crippen LogP contribution is 2.43. The number of piperidine rings is 1. The SMILES string of the molecule is CCOc1ccc(N2C[C@H]3CN(Cc4ccccc4)CC2C(C)(C)C3)cc1. The van der Waals surface area contributed by atoms with Crippen LogP contribution in [0.2, 0.25) is 0 Å². The molecule has 3 heteroatoms. The molecule has 0 spiro atoms. The quantitative estimate of drug-likeness (QED) is 0.756. The summed E-state index contributed by atoms with van der Waals surface area (Å²) < 4.78 is 5.63. The van der Waals surface area contributed by atoms with Gasteiger partial charge in [0.25, 0.3) is 0 Å². The molecule has 3 heterocycles. The third-order valence-electron chi connectivity index (χ3n) is 6.22. The van der Waals surface area contributed by atoms with Crippen molar-refractivity contribution < 1.29 is 4.74 Å². The van der Waals surface area contributed by atoms with Gasteiger partial charge in [-0.05, 0) is 54.5 Å². The Morgan fingerprint density at radius 1 is 0.963 bits per heavy atom. The number of nitrogens with zero attached hydrogens (tertiary/aromatic N) is 2. The van der Waals surface area contributed by atoms with Crippen LogP contribution in [-0.2, 0) is 6.54 Å². The molecule has 3 aliphatic heterocycles. The maximum absolute atomic E-state index is 5.63. The zero-order valence-electron chi connectivity index (χ0n) is 16.9. The van der Waals surface area contributed by atoms with Crippen molar-refractivity contribution in [1.82, 2.24) is 4.90 Å². The van der Waals surface area contributed by atoms with Gasteiger partial charge in [0.15, 0.2) is 0 Å². The number of hydrogen-bond donors (Lipinski definition) is 0. The van der Waals surface area contributed by atoms with E-state index < -0.39 is 0 Å². The van der Waals surface area contributed by atoms with Crippen LogP contribution in [0.5, 0.6) is 5.75 Å². The Hall–Kier alpha value is -2.00. The molecule has 144 valence electrons. The number of anilines is 1. The summed E-state index contributed by atoms with van der Waals surface area (Å²) >= 11 is 0. The molecule has 3 fully saturated rings. The first-order valence-corrected chi connectivity index (χ1v) is 10.3. The van der Waals surface area contributed by atoms with Crippen LogP contribution >= 0.6 is 0 Å². The smallest absolute Gasteiger partial charge is 0.119 e. The highest BCUT2D eigenvalue weighted by Gasteiger charge is 2.45. The Bertz CT molecular complexity index is 741. The van der Waals surface area contributed by atoms with Gasteiger partial charge in [-0.1, -0.05) is 44.2 Å². The largest absolute Gasteiger partial charge is 0.494 e. The average Bonchev–Trinajstić information content (AvgIpc) is 2.89. The molecule has 5 rings (SSSR count). The van der Waals surface area contributed by atoms with Gasteiger partial charge < -0.3 is 9.64 Å². The molecule has 0 radical (unpaired) electrons. The fourth-order valence-electron chi connectivity index (χ4n) is 5.08. The highest BCUT2D eigenvalue weighted by atomic mass is 16.5. The average molecular weight is 365 g/mol. The van der Waals surface area contributed by atoms with Crippen LogP contribution in [0, 0.1) is 11.3 Å². The molecule has 27 heavy (non-hydrogen) atoms. The number of hydrogen-bond acceptors (Lipinski definition) is 3. The molecule has 2 aromatic rings. The molecule has 0 saturated carbocycles. The Labute approximate surface area is 163 Å². The molecule has 2 aromatic carbocycles. The molecule has 0 amide bonds. The van der Waals surface area contributed by atoms with Crippen molar-refractivity contribution >= 4 is 5.69 Å². The van der Waals surface area contributed by atoms with Crippen molar-refractivity contribution in [1.29, 1.82) is 0 Å². The minimum Gasteiger partial charge on any atom is -0.494 e. The van der Waals surface area contributed by atoms with Gasteiger partial charge in [0.05, 0.1) is 6.61 Å². The highest BCUT2D eigenvalue weighted by molar-refractivity contribution is 5.51. The summed E-state index contributed by atoms with van der Waals surface area (Å²) in [5.41, 5.74) is 3.08. The van der Waals surface area contributed by atoms with E-state index in [2.05, 4.69) is 78.2 Å². The first kappa shape index (κ1) is 18.4. The number of ether oxygens (including phenoxy) is 1. The second-order valence-corrected chi connectivity index (χ2v) is 8.83. The molecule has 0 aliphatic carbocycles. The van der Waals surface area contributed by atoms with E-state index in [1.165, 1.54) is 24.2 Å². The fourth-order valence-corrected chi connectivity index (χ4v) is 5.08. The van der Waals surface area contributed by atoms with Crippen molar-refractivity contribution in [2.75, 3.05) is 31.1 Å². The summed E-state index contributed by atoms with van der Waals surface area (Å²) in [6, 6.07) is 20.2.